The van der Waals surface area contributed by atoms with Crippen LogP contribution in [0, 0.1) is 6.92 Å². The number of nitrogens with one attached hydrogen (secondary N) is 1. The highest BCUT2D eigenvalue weighted by Gasteiger charge is 2.08. The number of carbonyl (C=O) groups is 2. The summed E-state index contributed by atoms with van der Waals surface area (Å²) in [6, 6.07) is 7.78. The highest BCUT2D eigenvalue weighted by atomic mass is 32.1. The smallest absolute Gasteiger partial charge is 0.226 e. The maximum absolute atomic E-state index is 11.8. The number of aromatic nitrogens is 1. The number of anilines is 1. The Morgan fingerprint density at radius 1 is 1.30 bits per heavy atom. The van der Waals surface area contributed by atoms with Crippen LogP contribution < -0.4 is 15.8 Å². The van der Waals surface area contributed by atoms with Gasteiger partial charge in [-0.3, -0.25) is 9.59 Å². The van der Waals surface area contributed by atoms with Gasteiger partial charge in [0.1, 0.15) is 5.75 Å². The predicted molar refractivity (Wildman–Crippen MR) is 89.6 cm³/mol. The molecular weight excluding hydrogens is 314 g/mol. The molecule has 2 aromatic rings. The van der Waals surface area contributed by atoms with Crippen molar-refractivity contribution < 1.29 is 14.3 Å². The van der Waals surface area contributed by atoms with Crippen molar-refractivity contribution in [3.8, 4) is 5.75 Å². The number of aryl methyl sites for hydroxylation is 1. The Labute approximate surface area is 138 Å². The standard InChI is InChI=1S/C16H19N3O3S/c1-11-4-6-13(7-5-11)22-8-2-3-15(21)19-16-18-12(10-23-16)9-14(17)20/h4-7,10H,2-3,8-9H2,1H3,(H2,17,20)(H,18,19,21). The Kier molecular flexibility index (Phi) is 6.10. The van der Waals surface area contributed by atoms with Gasteiger partial charge in [-0.1, -0.05) is 17.7 Å². The quantitative estimate of drug-likeness (QED) is 0.725. The zero-order valence-corrected chi connectivity index (χ0v) is 13.7. The first-order valence-electron chi connectivity index (χ1n) is 7.25. The first-order chi connectivity index (χ1) is 11.0. The maximum atomic E-state index is 11.8. The first kappa shape index (κ1) is 17.0. The average Bonchev–Trinajstić information content (AvgIpc) is 2.91. The van der Waals surface area contributed by atoms with Crippen LogP contribution in [0.4, 0.5) is 5.13 Å². The third kappa shape index (κ3) is 6.07. The van der Waals surface area contributed by atoms with E-state index >= 15 is 0 Å². The van der Waals surface area contributed by atoms with E-state index in [1.165, 1.54) is 16.9 Å². The van der Waals surface area contributed by atoms with Gasteiger partial charge >= 0.3 is 0 Å². The highest BCUT2D eigenvalue weighted by Crippen LogP contribution is 2.16. The van der Waals surface area contributed by atoms with Crippen molar-refractivity contribution in [2.24, 2.45) is 5.73 Å². The van der Waals surface area contributed by atoms with E-state index in [0.717, 1.165) is 5.75 Å². The summed E-state index contributed by atoms with van der Waals surface area (Å²) in [5.74, 6) is 0.228. The molecule has 1 aromatic heterocycles. The van der Waals surface area contributed by atoms with Crippen molar-refractivity contribution in [1.82, 2.24) is 4.98 Å². The number of nitrogens with zero attached hydrogens (tertiary/aromatic N) is 1. The molecule has 122 valence electrons. The van der Waals surface area contributed by atoms with E-state index in [4.69, 9.17) is 10.5 Å². The minimum Gasteiger partial charge on any atom is -0.494 e. The van der Waals surface area contributed by atoms with Gasteiger partial charge in [0.2, 0.25) is 11.8 Å². The molecular formula is C16H19N3O3S. The molecule has 1 heterocycles. The number of hydrogen-bond donors (Lipinski definition) is 2. The molecule has 6 nitrogen and oxygen atoms in total. The van der Waals surface area contributed by atoms with Crippen LogP contribution in [0.3, 0.4) is 0 Å². The number of carbonyl (C=O) groups excluding carboxylic acids is 2. The Morgan fingerprint density at radius 3 is 2.74 bits per heavy atom. The van der Waals surface area contributed by atoms with E-state index < -0.39 is 5.91 Å². The number of hydrogen-bond acceptors (Lipinski definition) is 5. The number of ether oxygens (including phenoxy) is 1. The van der Waals surface area contributed by atoms with Crippen molar-refractivity contribution in [1.29, 1.82) is 0 Å². The lowest BCUT2D eigenvalue weighted by molar-refractivity contribution is -0.117. The van der Waals surface area contributed by atoms with Gasteiger partial charge in [0.25, 0.3) is 0 Å². The second-order valence-corrected chi connectivity index (χ2v) is 5.96. The van der Waals surface area contributed by atoms with Crippen LogP contribution in [0.5, 0.6) is 5.75 Å². The number of rotatable bonds is 8. The topological polar surface area (TPSA) is 94.3 Å². The van der Waals surface area contributed by atoms with Crippen LogP contribution in [0.25, 0.3) is 0 Å². The molecule has 1 aromatic carbocycles. The lowest BCUT2D eigenvalue weighted by atomic mass is 10.2. The van der Waals surface area contributed by atoms with Crippen molar-refractivity contribution in [2.45, 2.75) is 26.2 Å². The Morgan fingerprint density at radius 2 is 2.04 bits per heavy atom. The monoisotopic (exact) mass is 333 g/mol. The fourth-order valence-corrected chi connectivity index (χ4v) is 2.59. The normalized spacial score (nSPS) is 10.3. The molecule has 0 bridgehead atoms. The fourth-order valence-electron chi connectivity index (χ4n) is 1.86. The molecule has 7 heteroatoms. The van der Waals surface area contributed by atoms with Gasteiger partial charge in [-0.05, 0) is 25.5 Å². The largest absolute Gasteiger partial charge is 0.494 e. The van der Waals surface area contributed by atoms with Crippen LogP contribution >= 0.6 is 11.3 Å². The van der Waals surface area contributed by atoms with E-state index in [1.807, 2.05) is 31.2 Å². The molecule has 23 heavy (non-hydrogen) atoms. The molecule has 0 saturated carbocycles. The van der Waals surface area contributed by atoms with E-state index in [9.17, 15) is 9.59 Å². The molecule has 2 rings (SSSR count). The van der Waals surface area contributed by atoms with Crippen LogP contribution in [-0.4, -0.2) is 23.4 Å². The van der Waals surface area contributed by atoms with Gasteiger partial charge in [0.15, 0.2) is 5.13 Å². The summed E-state index contributed by atoms with van der Waals surface area (Å²) in [4.78, 5) is 26.7. The summed E-state index contributed by atoms with van der Waals surface area (Å²) >= 11 is 1.28. The molecule has 0 unspecified atom stereocenters. The van der Waals surface area contributed by atoms with Crippen LogP contribution in [0.1, 0.15) is 24.1 Å². The number of amides is 2. The lowest BCUT2D eigenvalue weighted by Gasteiger charge is -2.06. The van der Waals surface area contributed by atoms with Gasteiger partial charge in [-0.2, -0.15) is 0 Å². The van der Waals surface area contributed by atoms with Crippen LogP contribution in [-0.2, 0) is 16.0 Å². The summed E-state index contributed by atoms with van der Waals surface area (Å²) in [7, 11) is 0. The summed E-state index contributed by atoms with van der Waals surface area (Å²) in [5, 5.41) is 4.89. The van der Waals surface area contributed by atoms with Gasteiger partial charge in [0.05, 0.1) is 18.7 Å². The van der Waals surface area contributed by atoms with E-state index in [2.05, 4.69) is 10.3 Å². The molecule has 0 spiro atoms. The first-order valence-corrected chi connectivity index (χ1v) is 8.13. The molecule has 3 N–H and O–H groups in total. The summed E-state index contributed by atoms with van der Waals surface area (Å²) in [5.41, 5.74) is 6.84. The van der Waals surface area contributed by atoms with Crippen molar-refractivity contribution in [3.63, 3.8) is 0 Å². The van der Waals surface area contributed by atoms with Gasteiger partial charge < -0.3 is 15.8 Å². The van der Waals surface area contributed by atoms with Crippen molar-refractivity contribution in [2.75, 3.05) is 11.9 Å². The summed E-state index contributed by atoms with van der Waals surface area (Å²) < 4.78 is 5.57. The predicted octanol–water partition coefficient (Wildman–Crippen LogP) is 2.28. The van der Waals surface area contributed by atoms with Crippen molar-refractivity contribution in [3.05, 3.63) is 40.9 Å². The third-order valence-electron chi connectivity index (χ3n) is 2.99. The zero-order chi connectivity index (χ0) is 16.7. The molecule has 0 aliphatic rings. The Balaban J connectivity index is 1.67. The third-order valence-corrected chi connectivity index (χ3v) is 3.80. The second-order valence-electron chi connectivity index (χ2n) is 5.10. The zero-order valence-electron chi connectivity index (χ0n) is 12.9. The van der Waals surface area contributed by atoms with E-state index in [0.29, 0.717) is 30.3 Å². The number of nitrogens with two attached hydrogens (primary N) is 1. The minimum absolute atomic E-state index is 0.0801. The van der Waals surface area contributed by atoms with Gasteiger partial charge in [-0.25, -0.2) is 4.98 Å². The summed E-state index contributed by atoms with van der Waals surface area (Å²) in [6.45, 7) is 2.49. The molecule has 0 aliphatic heterocycles. The molecule has 0 saturated heterocycles. The SMILES string of the molecule is Cc1ccc(OCCCC(=O)Nc2nc(CC(N)=O)cs2)cc1. The Bertz CT molecular complexity index is 667. The minimum atomic E-state index is -0.443. The van der Waals surface area contributed by atoms with E-state index in [-0.39, 0.29) is 12.3 Å². The average molecular weight is 333 g/mol. The van der Waals surface area contributed by atoms with Gasteiger partial charge in [-0.15, -0.1) is 11.3 Å². The number of thiazole rings is 1. The number of benzene rings is 1. The van der Waals surface area contributed by atoms with Crippen LogP contribution in [0.2, 0.25) is 0 Å². The highest BCUT2D eigenvalue weighted by molar-refractivity contribution is 7.13. The fraction of sp³-hybridized carbons (Fsp3) is 0.312. The molecule has 0 fully saturated rings. The summed E-state index contributed by atoms with van der Waals surface area (Å²) in [6.07, 6.45) is 1.03. The maximum Gasteiger partial charge on any atom is 0.226 e. The van der Waals surface area contributed by atoms with E-state index in [1.54, 1.807) is 5.38 Å². The second kappa shape index (κ2) is 8.28. The molecule has 0 aliphatic carbocycles. The molecule has 2 amide bonds. The lowest BCUT2D eigenvalue weighted by Crippen LogP contribution is -2.15. The molecule has 0 radical (unpaired) electrons. The molecule has 0 atom stereocenters. The van der Waals surface area contributed by atoms with Crippen molar-refractivity contribution >= 4 is 28.3 Å². The van der Waals surface area contributed by atoms with Crippen LogP contribution in [0.15, 0.2) is 29.6 Å². The van der Waals surface area contributed by atoms with Gasteiger partial charge in [0, 0.05) is 11.8 Å². The number of primary amides is 1. The Hall–Kier alpha value is -2.41.